The van der Waals surface area contributed by atoms with Crippen LogP contribution in [0.25, 0.3) is 0 Å². The molecular weight excluding hydrogens is 228 g/mol. The smallest absolute Gasteiger partial charge is 0.110 e. The number of ether oxygens (including phenoxy) is 1. The molecular formula is C13H22N4O. The Morgan fingerprint density at radius 2 is 2.22 bits per heavy atom. The first-order valence-electron chi connectivity index (χ1n) is 6.92. The Hall–Kier alpha value is -0.910. The molecule has 1 saturated heterocycles. The summed E-state index contributed by atoms with van der Waals surface area (Å²) in [5.41, 5.74) is 7.40. The average Bonchev–Trinajstić information content (AvgIpc) is 2.80. The number of morpholine rings is 1. The zero-order chi connectivity index (χ0) is 12.4. The predicted octanol–water partition coefficient (Wildman–Crippen LogP) is 0.0313. The van der Waals surface area contributed by atoms with Gasteiger partial charge in [-0.25, -0.2) is 4.98 Å². The van der Waals surface area contributed by atoms with Gasteiger partial charge in [0.2, 0.25) is 0 Å². The Balaban J connectivity index is 1.61. The molecule has 0 bridgehead atoms. The van der Waals surface area contributed by atoms with Gasteiger partial charge in [0, 0.05) is 50.5 Å². The number of hydrogen-bond acceptors (Lipinski definition) is 4. The average molecular weight is 250 g/mol. The molecule has 2 aliphatic heterocycles. The minimum absolute atomic E-state index is 0.300. The molecule has 5 heteroatoms. The second-order valence-electron chi connectivity index (χ2n) is 5.28. The molecule has 1 fully saturated rings. The Morgan fingerprint density at radius 3 is 3.06 bits per heavy atom. The Kier molecular flexibility index (Phi) is 3.63. The van der Waals surface area contributed by atoms with Gasteiger partial charge < -0.3 is 15.0 Å². The van der Waals surface area contributed by atoms with Crippen LogP contribution in [0.3, 0.4) is 0 Å². The van der Waals surface area contributed by atoms with Crippen LogP contribution in [-0.4, -0.2) is 53.3 Å². The highest BCUT2D eigenvalue weighted by molar-refractivity contribution is 5.09. The van der Waals surface area contributed by atoms with Crippen LogP contribution in [-0.2, 0) is 24.1 Å². The SMILES string of the molecule is NC1CCc2cnc(CCN3CCOCC3)n2C1. The van der Waals surface area contributed by atoms with E-state index in [2.05, 4.69) is 14.5 Å². The molecule has 0 aromatic carbocycles. The molecule has 1 aromatic heterocycles. The quantitative estimate of drug-likeness (QED) is 0.822. The second-order valence-corrected chi connectivity index (χ2v) is 5.28. The Bertz CT molecular complexity index is 398. The summed E-state index contributed by atoms with van der Waals surface area (Å²) in [7, 11) is 0. The van der Waals surface area contributed by atoms with Gasteiger partial charge in [0.25, 0.3) is 0 Å². The van der Waals surface area contributed by atoms with E-state index in [1.54, 1.807) is 0 Å². The summed E-state index contributed by atoms with van der Waals surface area (Å²) in [6.07, 6.45) is 5.22. The van der Waals surface area contributed by atoms with Gasteiger partial charge in [0.05, 0.1) is 13.2 Å². The second kappa shape index (κ2) is 5.38. The third kappa shape index (κ3) is 2.58. The van der Waals surface area contributed by atoms with E-state index in [0.29, 0.717) is 6.04 Å². The van der Waals surface area contributed by atoms with Crippen LogP contribution in [0.15, 0.2) is 6.20 Å². The van der Waals surface area contributed by atoms with Gasteiger partial charge in [-0.05, 0) is 12.8 Å². The molecule has 5 nitrogen and oxygen atoms in total. The minimum Gasteiger partial charge on any atom is -0.379 e. The van der Waals surface area contributed by atoms with Crippen LogP contribution in [0.2, 0.25) is 0 Å². The van der Waals surface area contributed by atoms with E-state index in [1.165, 1.54) is 11.5 Å². The molecule has 1 unspecified atom stereocenters. The van der Waals surface area contributed by atoms with Crippen molar-refractivity contribution in [2.75, 3.05) is 32.8 Å². The Labute approximate surface area is 108 Å². The van der Waals surface area contributed by atoms with Crippen LogP contribution in [0.5, 0.6) is 0 Å². The van der Waals surface area contributed by atoms with E-state index in [4.69, 9.17) is 10.5 Å². The fourth-order valence-corrected chi connectivity index (χ4v) is 2.82. The highest BCUT2D eigenvalue weighted by atomic mass is 16.5. The standard InChI is InChI=1S/C13H22N4O/c14-11-1-2-12-9-15-13(17(12)10-11)3-4-16-5-7-18-8-6-16/h9,11H,1-8,10,14H2. The molecule has 0 aliphatic carbocycles. The lowest BCUT2D eigenvalue weighted by Gasteiger charge is -2.27. The molecule has 2 aliphatic rings. The Morgan fingerprint density at radius 1 is 1.39 bits per heavy atom. The normalized spacial score (nSPS) is 25.1. The van der Waals surface area contributed by atoms with E-state index in [-0.39, 0.29) is 0 Å². The molecule has 1 aromatic rings. The summed E-state index contributed by atoms with van der Waals surface area (Å²) in [6, 6.07) is 0.300. The lowest BCUT2D eigenvalue weighted by Crippen LogP contribution is -2.38. The molecule has 100 valence electrons. The van der Waals surface area contributed by atoms with E-state index >= 15 is 0 Å². The molecule has 3 heterocycles. The number of hydrogen-bond donors (Lipinski definition) is 1. The first-order valence-corrected chi connectivity index (χ1v) is 6.92. The van der Waals surface area contributed by atoms with Crippen molar-refractivity contribution in [3.63, 3.8) is 0 Å². The summed E-state index contributed by atoms with van der Waals surface area (Å²) in [5, 5.41) is 0. The maximum atomic E-state index is 6.04. The summed E-state index contributed by atoms with van der Waals surface area (Å²) in [4.78, 5) is 7.02. The van der Waals surface area contributed by atoms with E-state index in [9.17, 15) is 0 Å². The summed E-state index contributed by atoms with van der Waals surface area (Å²) in [6.45, 7) is 5.85. The van der Waals surface area contributed by atoms with E-state index in [1.807, 2.05) is 6.20 Å². The minimum atomic E-state index is 0.300. The summed E-state index contributed by atoms with van der Waals surface area (Å²) < 4.78 is 7.69. The predicted molar refractivity (Wildman–Crippen MR) is 69.5 cm³/mol. The number of aryl methyl sites for hydroxylation is 1. The lowest BCUT2D eigenvalue weighted by molar-refractivity contribution is 0.0381. The fourth-order valence-electron chi connectivity index (χ4n) is 2.82. The van der Waals surface area contributed by atoms with Crippen LogP contribution >= 0.6 is 0 Å². The number of nitrogens with zero attached hydrogens (tertiary/aromatic N) is 3. The largest absolute Gasteiger partial charge is 0.379 e. The van der Waals surface area contributed by atoms with Gasteiger partial charge >= 0.3 is 0 Å². The number of rotatable bonds is 3. The molecule has 0 amide bonds. The first kappa shape index (κ1) is 12.1. The van der Waals surface area contributed by atoms with Crippen molar-refractivity contribution in [1.82, 2.24) is 14.5 Å². The third-order valence-corrected chi connectivity index (χ3v) is 3.96. The highest BCUT2D eigenvalue weighted by Gasteiger charge is 2.19. The van der Waals surface area contributed by atoms with Crippen LogP contribution in [0.1, 0.15) is 17.9 Å². The number of aromatic nitrogens is 2. The number of nitrogens with two attached hydrogens (primary N) is 1. The molecule has 0 radical (unpaired) electrons. The van der Waals surface area contributed by atoms with Crippen LogP contribution < -0.4 is 5.73 Å². The third-order valence-electron chi connectivity index (χ3n) is 3.96. The van der Waals surface area contributed by atoms with Gasteiger partial charge in [-0.3, -0.25) is 4.90 Å². The zero-order valence-electron chi connectivity index (χ0n) is 10.8. The molecule has 0 saturated carbocycles. The highest BCUT2D eigenvalue weighted by Crippen LogP contribution is 2.16. The summed E-state index contributed by atoms with van der Waals surface area (Å²) in [5.74, 6) is 1.20. The summed E-state index contributed by atoms with van der Waals surface area (Å²) >= 11 is 0. The van der Waals surface area contributed by atoms with Crippen molar-refractivity contribution < 1.29 is 4.74 Å². The lowest BCUT2D eigenvalue weighted by atomic mass is 10.1. The van der Waals surface area contributed by atoms with E-state index in [0.717, 1.165) is 58.7 Å². The van der Waals surface area contributed by atoms with Gasteiger partial charge in [0.15, 0.2) is 0 Å². The fraction of sp³-hybridized carbons (Fsp3) is 0.769. The first-order chi connectivity index (χ1) is 8.83. The maximum Gasteiger partial charge on any atom is 0.110 e. The number of fused-ring (bicyclic) bond motifs is 1. The molecule has 3 rings (SSSR count). The van der Waals surface area contributed by atoms with Crippen molar-refractivity contribution in [3.8, 4) is 0 Å². The van der Waals surface area contributed by atoms with Crippen molar-refractivity contribution in [1.29, 1.82) is 0 Å². The van der Waals surface area contributed by atoms with Crippen molar-refractivity contribution in [2.45, 2.75) is 31.8 Å². The molecule has 18 heavy (non-hydrogen) atoms. The topological polar surface area (TPSA) is 56.3 Å². The molecule has 0 spiro atoms. The maximum absolute atomic E-state index is 6.04. The van der Waals surface area contributed by atoms with Gasteiger partial charge in [-0.15, -0.1) is 0 Å². The number of imidazole rings is 1. The van der Waals surface area contributed by atoms with Crippen LogP contribution in [0.4, 0.5) is 0 Å². The molecule has 2 N–H and O–H groups in total. The van der Waals surface area contributed by atoms with Gasteiger partial charge in [-0.1, -0.05) is 0 Å². The van der Waals surface area contributed by atoms with E-state index < -0.39 is 0 Å². The monoisotopic (exact) mass is 250 g/mol. The van der Waals surface area contributed by atoms with Crippen molar-refractivity contribution in [2.24, 2.45) is 5.73 Å². The van der Waals surface area contributed by atoms with Gasteiger partial charge in [0.1, 0.15) is 5.82 Å². The zero-order valence-corrected chi connectivity index (χ0v) is 10.8. The van der Waals surface area contributed by atoms with Crippen molar-refractivity contribution in [3.05, 3.63) is 17.7 Å². The van der Waals surface area contributed by atoms with Gasteiger partial charge in [-0.2, -0.15) is 0 Å². The van der Waals surface area contributed by atoms with Crippen LogP contribution in [0, 0.1) is 0 Å². The van der Waals surface area contributed by atoms with Crippen molar-refractivity contribution >= 4 is 0 Å². The molecule has 1 atom stereocenters.